The second-order valence-corrected chi connectivity index (χ2v) is 11.0. The average Bonchev–Trinajstić information content (AvgIpc) is 3.40. The lowest BCUT2D eigenvalue weighted by Crippen LogP contribution is -2.43. The van der Waals surface area contributed by atoms with Crippen LogP contribution >= 0.6 is 0 Å². The molecule has 1 aliphatic carbocycles. The van der Waals surface area contributed by atoms with E-state index in [1.54, 1.807) is 12.4 Å². The van der Waals surface area contributed by atoms with Crippen molar-refractivity contribution < 1.29 is 21.8 Å². The summed E-state index contributed by atoms with van der Waals surface area (Å²) in [7, 11) is -1.81. The molecule has 1 aromatic carbocycles. The Morgan fingerprint density at radius 3 is 2.75 bits per heavy atom. The van der Waals surface area contributed by atoms with Crippen molar-refractivity contribution >= 4 is 27.4 Å². The lowest BCUT2D eigenvalue weighted by Gasteiger charge is -2.46. The zero-order chi connectivity index (χ0) is 25.7. The normalized spacial score (nSPS) is 19.8. The van der Waals surface area contributed by atoms with Crippen LogP contribution in [0.2, 0.25) is 0 Å². The molecule has 1 amide bonds. The highest BCUT2D eigenvalue weighted by Gasteiger charge is 2.48. The molecule has 0 atom stereocenters. The summed E-state index contributed by atoms with van der Waals surface area (Å²) in [5.74, 6) is 0.198. The van der Waals surface area contributed by atoms with Crippen LogP contribution in [-0.2, 0) is 33.4 Å². The Morgan fingerprint density at radius 2 is 2.08 bits per heavy atom. The summed E-state index contributed by atoms with van der Waals surface area (Å²) in [4.78, 5) is 17.3. The number of hydrogen-bond donors (Lipinski definition) is 1. The van der Waals surface area contributed by atoms with E-state index in [0.717, 1.165) is 41.1 Å². The number of nitrogens with zero attached hydrogens (tertiary/aromatic N) is 5. The van der Waals surface area contributed by atoms with Gasteiger partial charge in [-0.05, 0) is 48.1 Å². The number of nitrogens with one attached hydrogen (secondary N) is 1. The third kappa shape index (κ3) is 4.37. The molecule has 0 aliphatic heterocycles. The van der Waals surface area contributed by atoms with Gasteiger partial charge in [0.1, 0.15) is 12.2 Å². The summed E-state index contributed by atoms with van der Waals surface area (Å²) in [6.45, 7) is 1.84. The molecule has 3 aromatic heterocycles. The summed E-state index contributed by atoms with van der Waals surface area (Å²) in [5, 5.41) is 11.3. The fourth-order valence-corrected chi connectivity index (χ4v) is 5.37. The number of hydrogen-bond acceptors (Lipinski definition) is 7. The molecule has 0 saturated heterocycles. The van der Waals surface area contributed by atoms with Crippen molar-refractivity contribution in [2.45, 2.75) is 31.8 Å². The Bertz CT molecular complexity index is 1570. The predicted molar refractivity (Wildman–Crippen MR) is 129 cm³/mol. The number of imidazole rings is 1. The lowest BCUT2D eigenvalue weighted by atomic mass is 9.58. The topological polar surface area (TPSA) is 120 Å². The average molecular weight is 513 g/mol. The van der Waals surface area contributed by atoms with E-state index < -0.39 is 22.0 Å². The molecular weight excluding hydrogens is 487 g/mol. The van der Waals surface area contributed by atoms with Gasteiger partial charge < -0.3 is 9.88 Å². The van der Waals surface area contributed by atoms with Crippen molar-refractivity contribution in [2.75, 3.05) is 11.6 Å². The molecule has 4 aromatic rings. The molecule has 36 heavy (non-hydrogen) atoms. The second kappa shape index (κ2) is 8.79. The van der Waals surface area contributed by atoms with Crippen LogP contribution in [-0.4, -0.2) is 44.7 Å². The van der Waals surface area contributed by atoms with Crippen LogP contribution in [0.4, 0.5) is 10.1 Å². The first-order valence-electron chi connectivity index (χ1n) is 11.3. The molecular formula is C24H25FN6O4S. The van der Waals surface area contributed by atoms with Crippen molar-refractivity contribution in [3.05, 3.63) is 77.5 Å². The lowest BCUT2D eigenvalue weighted by molar-refractivity contribution is 0.102. The van der Waals surface area contributed by atoms with Gasteiger partial charge in [0.15, 0.2) is 5.65 Å². The highest BCUT2D eigenvalue weighted by atomic mass is 32.2. The first kappa shape index (κ1) is 24.1. The SMILES string of the molecule is CC1CC(c2cccc(NC(=O)c3cc(COS(C)(=O)=O)cn4c(F)cnc34)c2)(c2nncn2C)C1. The van der Waals surface area contributed by atoms with Crippen LogP contribution in [0.1, 0.15) is 47.1 Å². The van der Waals surface area contributed by atoms with Crippen LogP contribution in [0.5, 0.6) is 0 Å². The fraction of sp³-hybridized carbons (Fsp3) is 0.333. The maximum atomic E-state index is 14.3. The van der Waals surface area contributed by atoms with Gasteiger partial charge in [0.2, 0.25) is 5.95 Å². The maximum absolute atomic E-state index is 14.3. The quantitative estimate of drug-likeness (QED) is 0.378. The van der Waals surface area contributed by atoms with Gasteiger partial charge in [-0.3, -0.25) is 13.4 Å². The Morgan fingerprint density at radius 1 is 1.31 bits per heavy atom. The van der Waals surface area contributed by atoms with Crippen LogP contribution in [0.15, 0.2) is 49.1 Å². The minimum Gasteiger partial charge on any atom is -0.322 e. The van der Waals surface area contributed by atoms with E-state index >= 15 is 0 Å². The number of anilines is 1. The van der Waals surface area contributed by atoms with Gasteiger partial charge >= 0.3 is 0 Å². The number of aromatic nitrogens is 5. The highest BCUT2D eigenvalue weighted by molar-refractivity contribution is 7.85. The summed E-state index contributed by atoms with van der Waals surface area (Å²) >= 11 is 0. The molecule has 0 unspecified atom stereocenters. The van der Waals surface area contributed by atoms with Crippen molar-refractivity contribution in [2.24, 2.45) is 13.0 Å². The predicted octanol–water partition coefficient (Wildman–Crippen LogP) is 3.05. The molecule has 0 spiro atoms. The third-order valence-corrected chi connectivity index (χ3v) is 7.05. The van der Waals surface area contributed by atoms with E-state index in [9.17, 15) is 17.6 Å². The van der Waals surface area contributed by atoms with Crippen molar-refractivity contribution in [1.82, 2.24) is 24.1 Å². The van der Waals surface area contributed by atoms with Crippen LogP contribution < -0.4 is 5.32 Å². The summed E-state index contributed by atoms with van der Waals surface area (Å²) in [6.07, 6.45) is 6.77. The number of aryl methyl sites for hydroxylation is 1. The van der Waals surface area contributed by atoms with Crippen molar-refractivity contribution in [3.63, 3.8) is 0 Å². The maximum Gasteiger partial charge on any atom is 0.264 e. The number of carbonyl (C=O) groups is 1. The zero-order valence-corrected chi connectivity index (χ0v) is 20.8. The molecule has 3 heterocycles. The molecule has 0 radical (unpaired) electrons. The largest absolute Gasteiger partial charge is 0.322 e. The van der Waals surface area contributed by atoms with Gasteiger partial charge in [-0.1, -0.05) is 19.1 Å². The first-order chi connectivity index (χ1) is 17.1. The molecule has 0 bridgehead atoms. The molecule has 1 aliphatic rings. The Hall–Kier alpha value is -3.64. The Balaban J connectivity index is 1.47. The molecule has 188 valence electrons. The number of fused-ring (bicyclic) bond motifs is 1. The summed E-state index contributed by atoms with van der Waals surface area (Å²) in [5.41, 5.74) is 1.76. The number of benzene rings is 1. The molecule has 5 rings (SSSR count). The van der Waals surface area contributed by atoms with Crippen molar-refractivity contribution in [1.29, 1.82) is 0 Å². The first-order valence-corrected chi connectivity index (χ1v) is 13.1. The minimum absolute atomic E-state index is 0.0826. The van der Waals surface area contributed by atoms with E-state index in [1.165, 1.54) is 12.3 Å². The summed E-state index contributed by atoms with van der Waals surface area (Å²) < 4.78 is 45.0. The van der Waals surface area contributed by atoms with Crippen LogP contribution in [0, 0.1) is 11.9 Å². The summed E-state index contributed by atoms with van der Waals surface area (Å²) in [6, 6.07) is 9.02. The number of halogens is 1. The molecule has 12 heteroatoms. The van der Waals surface area contributed by atoms with E-state index in [0.29, 0.717) is 17.2 Å². The van der Waals surface area contributed by atoms with Gasteiger partial charge in [0.25, 0.3) is 16.0 Å². The second-order valence-electron chi connectivity index (χ2n) is 9.40. The number of rotatable bonds is 7. The van der Waals surface area contributed by atoms with Crippen LogP contribution in [0.3, 0.4) is 0 Å². The van der Waals surface area contributed by atoms with Gasteiger partial charge in [0.05, 0.1) is 30.0 Å². The number of pyridine rings is 1. The Kier molecular flexibility index (Phi) is 5.87. The molecule has 1 fully saturated rings. The van der Waals surface area contributed by atoms with Gasteiger partial charge in [-0.25, -0.2) is 4.98 Å². The highest BCUT2D eigenvalue weighted by Crippen LogP contribution is 2.51. The van der Waals surface area contributed by atoms with Gasteiger partial charge in [-0.15, -0.1) is 10.2 Å². The fourth-order valence-electron chi connectivity index (χ4n) is 5.02. The zero-order valence-electron chi connectivity index (χ0n) is 20.0. The monoisotopic (exact) mass is 512 g/mol. The van der Waals surface area contributed by atoms with Gasteiger partial charge in [-0.2, -0.15) is 12.8 Å². The minimum atomic E-state index is -3.73. The van der Waals surface area contributed by atoms with E-state index in [2.05, 4.69) is 27.4 Å². The number of amides is 1. The molecule has 10 nitrogen and oxygen atoms in total. The van der Waals surface area contributed by atoms with Crippen LogP contribution in [0.25, 0.3) is 5.65 Å². The smallest absolute Gasteiger partial charge is 0.264 e. The number of carbonyl (C=O) groups excluding carboxylic acids is 1. The molecule has 1 saturated carbocycles. The standard InChI is InChI=1S/C24H25FN6O4S/c1-15-9-24(10-15,23-29-27-14-30(23)2)17-5-4-6-18(8-17)28-22(32)19-7-16(13-35-36(3,33)34)12-31-20(25)11-26-21(19)31/h4-8,11-12,14-15H,9-10,13H2,1-3H3,(H,28,32). The Labute approximate surface area is 207 Å². The third-order valence-electron chi connectivity index (χ3n) is 6.51. The van der Waals surface area contributed by atoms with Crippen molar-refractivity contribution in [3.8, 4) is 0 Å². The van der Waals surface area contributed by atoms with E-state index in [-0.39, 0.29) is 23.2 Å². The van der Waals surface area contributed by atoms with E-state index in [4.69, 9.17) is 4.18 Å². The van der Waals surface area contributed by atoms with Gasteiger partial charge in [0, 0.05) is 18.9 Å². The van der Waals surface area contributed by atoms with E-state index in [1.807, 2.05) is 29.8 Å². The molecule has 1 N–H and O–H groups in total.